The normalized spacial score (nSPS) is 11.4. The molecule has 4 nitrogen and oxygen atoms in total. The highest BCUT2D eigenvalue weighted by atomic mass is 32.2. The second-order valence-corrected chi connectivity index (χ2v) is 6.76. The maximum Gasteiger partial charge on any atom is 0.261 e. The summed E-state index contributed by atoms with van der Waals surface area (Å²) in [6.45, 7) is 5.30. The van der Waals surface area contributed by atoms with Crippen molar-refractivity contribution in [1.29, 1.82) is 0 Å². The number of rotatable bonds is 3. The molecule has 21 heavy (non-hydrogen) atoms. The molecule has 2 rings (SSSR count). The van der Waals surface area contributed by atoms with Crippen molar-refractivity contribution < 1.29 is 12.8 Å². The summed E-state index contributed by atoms with van der Waals surface area (Å²) in [7, 11) is -3.81. The lowest BCUT2D eigenvalue weighted by molar-refractivity contribution is 0.601. The number of hydrogen-bond donors (Lipinski definition) is 2. The van der Waals surface area contributed by atoms with Crippen LogP contribution in [-0.2, 0) is 10.0 Å². The van der Waals surface area contributed by atoms with Gasteiger partial charge in [-0.15, -0.1) is 0 Å². The van der Waals surface area contributed by atoms with Gasteiger partial charge in [0.15, 0.2) is 0 Å². The Morgan fingerprint density at radius 2 is 1.71 bits per heavy atom. The summed E-state index contributed by atoms with van der Waals surface area (Å²) in [5, 5.41) is 0. The summed E-state index contributed by atoms with van der Waals surface area (Å²) < 4.78 is 40.4. The van der Waals surface area contributed by atoms with Gasteiger partial charge in [-0.1, -0.05) is 0 Å². The van der Waals surface area contributed by atoms with E-state index in [2.05, 4.69) is 4.72 Å². The second-order valence-electron chi connectivity index (χ2n) is 5.08. The molecule has 0 saturated heterocycles. The van der Waals surface area contributed by atoms with Gasteiger partial charge in [0.2, 0.25) is 0 Å². The summed E-state index contributed by atoms with van der Waals surface area (Å²) in [5.74, 6) is -0.493. The van der Waals surface area contributed by atoms with Crippen molar-refractivity contribution >= 4 is 21.4 Å². The second kappa shape index (κ2) is 5.37. The summed E-state index contributed by atoms with van der Waals surface area (Å²) in [6, 6.07) is 6.96. The maximum atomic E-state index is 13.3. The van der Waals surface area contributed by atoms with Crippen molar-refractivity contribution in [3.8, 4) is 0 Å². The Bertz CT molecular complexity index is 758. The van der Waals surface area contributed by atoms with E-state index in [1.54, 1.807) is 26.0 Å². The Morgan fingerprint density at radius 1 is 1.05 bits per heavy atom. The van der Waals surface area contributed by atoms with E-state index < -0.39 is 15.8 Å². The number of benzene rings is 2. The van der Waals surface area contributed by atoms with Crippen LogP contribution < -0.4 is 10.5 Å². The average molecular weight is 308 g/mol. The van der Waals surface area contributed by atoms with Crippen molar-refractivity contribution in [2.24, 2.45) is 0 Å². The van der Waals surface area contributed by atoms with Gasteiger partial charge >= 0.3 is 0 Å². The number of anilines is 2. The zero-order valence-corrected chi connectivity index (χ0v) is 12.9. The predicted octanol–water partition coefficient (Wildman–Crippen LogP) is 3.13. The molecule has 0 aliphatic heterocycles. The molecule has 3 N–H and O–H groups in total. The fourth-order valence-corrected chi connectivity index (χ4v) is 3.18. The van der Waals surface area contributed by atoms with E-state index in [4.69, 9.17) is 5.73 Å². The smallest absolute Gasteiger partial charge is 0.261 e. The van der Waals surface area contributed by atoms with Gasteiger partial charge in [0.05, 0.1) is 10.6 Å². The average Bonchev–Trinajstić information content (AvgIpc) is 2.33. The quantitative estimate of drug-likeness (QED) is 0.856. The molecule has 0 heterocycles. The molecule has 0 aliphatic rings. The Kier molecular flexibility index (Phi) is 3.91. The summed E-state index contributed by atoms with van der Waals surface area (Å²) in [6.07, 6.45) is 0. The minimum atomic E-state index is -3.81. The standard InChI is InChI=1S/C15H17FN2O2S/c1-9-4-12(16)7-13(5-9)18-21(19,20)14-6-10(2)11(3)15(17)8-14/h4-8,18H,17H2,1-3H3. The molecule has 0 unspecified atom stereocenters. The van der Waals surface area contributed by atoms with Crippen LogP contribution in [0.1, 0.15) is 16.7 Å². The van der Waals surface area contributed by atoms with Gasteiger partial charge in [0.25, 0.3) is 10.0 Å². The highest BCUT2D eigenvalue weighted by molar-refractivity contribution is 7.92. The van der Waals surface area contributed by atoms with E-state index in [1.165, 1.54) is 12.1 Å². The van der Waals surface area contributed by atoms with Crippen LogP contribution >= 0.6 is 0 Å². The lowest BCUT2D eigenvalue weighted by Crippen LogP contribution is -2.14. The van der Waals surface area contributed by atoms with Gasteiger partial charge in [-0.2, -0.15) is 0 Å². The number of nitrogen functional groups attached to an aromatic ring is 1. The zero-order valence-electron chi connectivity index (χ0n) is 12.1. The minimum absolute atomic E-state index is 0.0602. The van der Waals surface area contributed by atoms with E-state index in [9.17, 15) is 12.8 Å². The SMILES string of the molecule is Cc1cc(F)cc(NS(=O)(=O)c2cc(C)c(C)c(N)c2)c1. The zero-order chi connectivity index (χ0) is 15.8. The van der Waals surface area contributed by atoms with Gasteiger partial charge in [-0.05, 0) is 67.8 Å². The first-order chi connectivity index (χ1) is 9.69. The summed E-state index contributed by atoms with van der Waals surface area (Å²) in [4.78, 5) is 0.0602. The van der Waals surface area contributed by atoms with Gasteiger partial charge in [0, 0.05) is 5.69 Å². The molecule has 0 aliphatic carbocycles. The van der Waals surface area contributed by atoms with Gasteiger partial charge in [-0.3, -0.25) is 4.72 Å². The molecule has 0 fully saturated rings. The van der Waals surface area contributed by atoms with Crippen molar-refractivity contribution in [3.63, 3.8) is 0 Å². The number of sulfonamides is 1. The molecule has 0 radical (unpaired) electrons. The highest BCUT2D eigenvalue weighted by Gasteiger charge is 2.17. The van der Waals surface area contributed by atoms with Crippen LogP contribution in [0.25, 0.3) is 0 Å². The van der Waals surface area contributed by atoms with Crippen LogP contribution in [-0.4, -0.2) is 8.42 Å². The fourth-order valence-electron chi connectivity index (χ4n) is 2.02. The lowest BCUT2D eigenvalue weighted by atomic mass is 10.1. The van der Waals surface area contributed by atoms with Crippen LogP contribution in [0.15, 0.2) is 35.2 Å². The van der Waals surface area contributed by atoms with Crippen LogP contribution in [0, 0.1) is 26.6 Å². The molecule has 2 aromatic rings. The number of aryl methyl sites for hydroxylation is 2. The first-order valence-electron chi connectivity index (χ1n) is 6.36. The van der Waals surface area contributed by atoms with Crippen molar-refractivity contribution in [2.45, 2.75) is 25.7 Å². The molecule has 0 saturated carbocycles. The van der Waals surface area contributed by atoms with Crippen LogP contribution in [0.5, 0.6) is 0 Å². The van der Waals surface area contributed by atoms with Crippen LogP contribution in [0.2, 0.25) is 0 Å². The van der Waals surface area contributed by atoms with E-state index in [-0.39, 0.29) is 10.6 Å². The molecule has 0 bridgehead atoms. The van der Waals surface area contributed by atoms with E-state index in [0.717, 1.165) is 17.2 Å². The summed E-state index contributed by atoms with van der Waals surface area (Å²) >= 11 is 0. The molecule has 6 heteroatoms. The fraction of sp³-hybridized carbons (Fsp3) is 0.200. The van der Waals surface area contributed by atoms with Crippen LogP contribution in [0.4, 0.5) is 15.8 Å². The predicted molar refractivity (Wildman–Crippen MR) is 82.3 cm³/mol. The first kappa shape index (κ1) is 15.3. The van der Waals surface area contributed by atoms with E-state index in [0.29, 0.717) is 11.3 Å². The Balaban J connectivity index is 2.43. The molecule has 0 atom stereocenters. The van der Waals surface area contributed by atoms with Crippen LogP contribution in [0.3, 0.4) is 0 Å². The molecular formula is C15H17FN2O2S. The monoisotopic (exact) mass is 308 g/mol. The molecule has 0 spiro atoms. The maximum absolute atomic E-state index is 13.3. The molecular weight excluding hydrogens is 291 g/mol. The van der Waals surface area contributed by atoms with Crippen molar-refractivity contribution in [1.82, 2.24) is 0 Å². The van der Waals surface area contributed by atoms with Gasteiger partial charge < -0.3 is 5.73 Å². The number of hydrogen-bond acceptors (Lipinski definition) is 3. The Hall–Kier alpha value is -2.08. The van der Waals surface area contributed by atoms with Crippen molar-refractivity contribution in [3.05, 3.63) is 52.8 Å². The molecule has 2 aromatic carbocycles. The number of halogens is 1. The van der Waals surface area contributed by atoms with E-state index in [1.807, 2.05) is 6.92 Å². The third-order valence-corrected chi connectivity index (χ3v) is 4.65. The highest BCUT2D eigenvalue weighted by Crippen LogP contribution is 2.24. The minimum Gasteiger partial charge on any atom is -0.398 e. The number of nitrogens with two attached hydrogens (primary N) is 1. The Morgan fingerprint density at radius 3 is 2.29 bits per heavy atom. The molecule has 112 valence electrons. The lowest BCUT2D eigenvalue weighted by Gasteiger charge is -2.12. The first-order valence-corrected chi connectivity index (χ1v) is 7.84. The Labute approximate surface area is 123 Å². The summed E-state index contributed by atoms with van der Waals surface area (Å²) in [5.41, 5.74) is 8.66. The molecule has 0 amide bonds. The number of nitrogens with one attached hydrogen (secondary N) is 1. The van der Waals surface area contributed by atoms with Gasteiger partial charge in [-0.25, -0.2) is 12.8 Å². The third-order valence-electron chi connectivity index (χ3n) is 3.29. The van der Waals surface area contributed by atoms with Crippen molar-refractivity contribution in [2.75, 3.05) is 10.5 Å². The third kappa shape index (κ3) is 3.33. The van der Waals surface area contributed by atoms with Gasteiger partial charge in [0.1, 0.15) is 5.82 Å². The topological polar surface area (TPSA) is 72.2 Å². The van der Waals surface area contributed by atoms with E-state index >= 15 is 0 Å². The largest absolute Gasteiger partial charge is 0.398 e. The molecule has 0 aromatic heterocycles.